The molecular formula is C20H18ClFN2O2. The van der Waals surface area contributed by atoms with Gasteiger partial charge in [-0.1, -0.05) is 23.7 Å². The Bertz CT molecular complexity index is 864. The van der Waals surface area contributed by atoms with Crippen LogP contribution in [0.15, 0.2) is 59.1 Å². The van der Waals surface area contributed by atoms with Gasteiger partial charge in [-0.3, -0.25) is 4.90 Å². The van der Waals surface area contributed by atoms with E-state index >= 15 is 0 Å². The number of hydrogen-bond acceptors (Lipinski definition) is 4. The molecule has 1 saturated heterocycles. The highest BCUT2D eigenvalue weighted by Crippen LogP contribution is 2.25. The highest BCUT2D eigenvalue weighted by Gasteiger charge is 2.23. The molecule has 3 aromatic rings. The summed E-state index contributed by atoms with van der Waals surface area (Å²) < 4.78 is 24.8. The van der Waals surface area contributed by atoms with Crippen molar-refractivity contribution in [2.75, 3.05) is 19.7 Å². The number of morpholine rings is 1. The average Bonchev–Trinajstić information content (AvgIpc) is 3.11. The third-order valence-corrected chi connectivity index (χ3v) is 4.69. The fraction of sp³-hybridized carbons (Fsp3) is 0.250. The molecule has 1 atom stereocenters. The maximum absolute atomic E-state index is 13.1. The van der Waals surface area contributed by atoms with Crippen LogP contribution in [-0.2, 0) is 11.3 Å². The van der Waals surface area contributed by atoms with Crippen molar-refractivity contribution in [3.63, 3.8) is 0 Å². The third-order valence-electron chi connectivity index (χ3n) is 4.43. The van der Waals surface area contributed by atoms with E-state index in [4.69, 9.17) is 20.8 Å². The topological polar surface area (TPSA) is 38.5 Å². The average molecular weight is 373 g/mol. The van der Waals surface area contributed by atoms with Crippen LogP contribution >= 0.6 is 11.6 Å². The molecule has 0 spiro atoms. The Morgan fingerprint density at radius 2 is 1.88 bits per heavy atom. The summed E-state index contributed by atoms with van der Waals surface area (Å²) in [6.07, 6.45) is 1.66. The molecule has 4 nitrogen and oxygen atoms in total. The van der Waals surface area contributed by atoms with Crippen molar-refractivity contribution in [1.29, 1.82) is 0 Å². The van der Waals surface area contributed by atoms with Crippen LogP contribution in [0, 0.1) is 5.82 Å². The lowest BCUT2D eigenvalue weighted by Gasteiger charge is -2.32. The summed E-state index contributed by atoms with van der Waals surface area (Å²) in [6.45, 7) is 2.74. The first-order valence-corrected chi connectivity index (χ1v) is 8.85. The molecule has 1 aliphatic heterocycles. The largest absolute Gasteiger partial charge is 0.439 e. The molecule has 2 aromatic carbocycles. The Morgan fingerprint density at radius 1 is 1.12 bits per heavy atom. The fourth-order valence-electron chi connectivity index (χ4n) is 3.05. The molecule has 26 heavy (non-hydrogen) atoms. The highest BCUT2D eigenvalue weighted by molar-refractivity contribution is 6.30. The zero-order valence-corrected chi connectivity index (χ0v) is 14.8. The first-order chi connectivity index (χ1) is 12.7. The molecule has 1 aromatic heterocycles. The van der Waals surface area contributed by atoms with E-state index in [0.717, 1.165) is 23.4 Å². The summed E-state index contributed by atoms with van der Waals surface area (Å²) in [5.74, 6) is 1.14. The second-order valence-electron chi connectivity index (χ2n) is 6.27. The number of ether oxygens (including phenoxy) is 1. The summed E-state index contributed by atoms with van der Waals surface area (Å²) >= 11 is 5.92. The Balaban J connectivity index is 1.42. The second-order valence-corrected chi connectivity index (χ2v) is 6.71. The molecule has 134 valence electrons. The van der Waals surface area contributed by atoms with Gasteiger partial charge in [-0.05, 0) is 42.0 Å². The van der Waals surface area contributed by atoms with Gasteiger partial charge < -0.3 is 9.15 Å². The van der Waals surface area contributed by atoms with E-state index < -0.39 is 0 Å². The van der Waals surface area contributed by atoms with E-state index in [1.165, 1.54) is 12.1 Å². The van der Waals surface area contributed by atoms with Crippen molar-refractivity contribution in [3.05, 3.63) is 77.0 Å². The second kappa shape index (κ2) is 7.58. The van der Waals surface area contributed by atoms with Crippen molar-refractivity contribution in [2.24, 2.45) is 0 Å². The number of rotatable bonds is 4. The normalized spacial score (nSPS) is 18.2. The predicted octanol–water partition coefficient (Wildman–Crippen LogP) is 4.71. The molecule has 0 bridgehead atoms. The summed E-state index contributed by atoms with van der Waals surface area (Å²) in [7, 11) is 0. The van der Waals surface area contributed by atoms with Crippen molar-refractivity contribution < 1.29 is 13.5 Å². The predicted molar refractivity (Wildman–Crippen MR) is 97.3 cm³/mol. The molecule has 4 rings (SSSR count). The maximum atomic E-state index is 13.1. The van der Waals surface area contributed by atoms with Crippen LogP contribution in [0.5, 0.6) is 0 Å². The summed E-state index contributed by atoms with van der Waals surface area (Å²) in [6, 6.07) is 13.9. The zero-order chi connectivity index (χ0) is 17.9. The van der Waals surface area contributed by atoms with Crippen LogP contribution < -0.4 is 0 Å². The monoisotopic (exact) mass is 372 g/mol. The Labute approximate surface area is 156 Å². The minimum Gasteiger partial charge on any atom is -0.439 e. The third kappa shape index (κ3) is 3.96. The van der Waals surface area contributed by atoms with E-state index in [0.29, 0.717) is 30.6 Å². The summed E-state index contributed by atoms with van der Waals surface area (Å²) in [5.41, 5.74) is 1.92. The Kier molecular flexibility index (Phi) is 5.02. The Hall–Kier alpha value is -2.21. The van der Waals surface area contributed by atoms with Crippen LogP contribution in [0.1, 0.15) is 17.6 Å². The molecule has 0 radical (unpaired) electrons. The van der Waals surface area contributed by atoms with E-state index in [1.807, 2.05) is 24.3 Å². The van der Waals surface area contributed by atoms with Gasteiger partial charge in [0, 0.05) is 23.7 Å². The maximum Gasteiger partial charge on any atom is 0.209 e. The van der Waals surface area contributed by atoms with Gasteiger partial charge in [-0.15, -0.1) is 0 Å². The van der Waals surface area contributed by atoms with Gasteiger partial charge in [0.15, 0.2) is 5.76 Å². The smallest absolute Gasteiger partial charge is 0.209 e. The Morgan fingerprint density at radius 3 is 2.65 bits per heavy atom. The molecule has 0 unspecified atom stereocenters. The summed E-state index contributed by atoms with van der Waals surface area (Å²) in [5, 5.41) is 0.689. The van der Waals surface area contributed by atoms with Crippen molar-refractivity contribution in [3.8, 4) is 11.3 Å². The van der Waals surface area contributed by atoms with Gasteiger partial charge in [0.1, 0.15) is 5.82 Å². The molecule has 1 aliphatic rings. The van der Waals surface area contributed by atoms with Gasteiger partial charge in [0.2, 0.25) is 5.89 Å². The molecule has 0 N–H and O–H groups in total. The van der Waals surface area contributed by atoms with Gasteiger partial charge >= 0.3 is 0 Å². The van der Waals surface area contributed by atoms with Gasteiger partial charge in [0.25, 0.3) is 0 Å². The molecule has 2 heterocycles. The lowest BCUT2D eigenvalue weighted by atomic mass is 10.1. The van der Waals surface area contributed by atoms with Crippen molar-refractivity contribution >= 4 is 11.6 Å². The first kappa shape index (κ1) is 17.2. The number of benzene rings is 2. The highest BCUT2D eigenvalue weighted by atomic mass is 35.5. The van der Waals surface area contributed by atoms with Crippen LogP contribution in [-0.4, -0.2) is 29.6 Å². The minimum atomic E-state index is -0.240. The number of aromatic nitrogens is 1. The van der Waals surface area contributed by atoms with E-state index in [2.05, 4.69) is 9.88 Å². The number of oxazole rings is 1. The number of halogens is 2. The van der Waals surface area contributed by atoms with Gasteiger partial charge in [-0.2, -0.15) is 0 Å². The van der Waals surface area contributed by atoms with Crippen molar-refractivity contribution in [2.45, 2.75) is 12.6 Å². The van der Waals surface area contributed by atoms with E-state index in [1.54, 1.807) is 18.3 Å². The van der Waals surface area contributed by atoms with Crippen LogP contribution in [0.25, 0.3) is 11.3 Å². The van der Waals surface area contributed by atoms with E-state index in [-0.39, 0.29) is 11.9 Å². The number of nitrogens with zero attached hydrogens (tertiary/aromatic N) is 2. The molecular weight excluding hydrogens is 355 g/mol. The molecule has 0 amide bonds. The van der Waals surface area contributed by atoms with Crippen molar-refractivity contribution in [1.82, 2.24) is 9.88 Å². The zero-order valence-electron chi connectivity index (χ0n) is 14.1. The number of hydrogen-bond donors (Lipinski definition) is 0. The van der Waals surface area contributed by atoms with Crippen LogP contribution in [0.3, 0.4) is 0 Å². The van der Waals surface area contributed by atoms with Gasteiger partial charge in [0.05, 0.1) is 25.5 Å². The summed E-state index contributed by atoms with van der Waals surface area (Å²) in [4.78, 5) is 6.62. The van der Waals surface area contributed by atoms with Gasteiger partial charge in [-0.25, -0.2) is 9.37 Å². The van der Waals surface area contributed by atoms with Crippen LogP contribution in [0.4, 0.5) is 4.39 Å². The van der Waals surface area contributed by atoms with E-state index in [9.17, 15) is 4.39 Å². The lowest BCUT2D eigenvalue weighted by molar-refractivity contribution is -0.0351. The molecule has 0 aliphatic carbocycles. The van der Waals surface area contributed by atoms with Crippen LogP contribution in [0.2, 0.25) is 5.02 Å². The molecule has 0 saturated carbocycles. The quantitative estimate of drug-likeness (QED) is 0.665. The SMILES string of the molecule is Fc1ccc([C@H]2CN(Cc3ncc(-c4ccc(Cl)cc4)o3)CCO2)cc1. The fourth-order valence-corrected chi connectivity index (χ4v) is 3.17. The minimum absolute atomic E-state index is 0.0740. The molecule has 6 heteroatoms. The lowest BCUT2D eigenvalue weighted by Crippen LogP contribution is -2.37. The standard InChI is InChI=1S/C20H18ClFN2O2/c21-16-5-1-14(2-6-16)18-11-23-20(26-18)13-24-9-10-25-19(12-24)15-3-7-17(22)8-4-15/h1-8,11,19H,9-10,12-13H2/t19-/m1/s1. The first-order valence-electron chi connectivity index (χ1n) is 8.47. The molecule has 1 fully saturated rings.